The first kappa shape index (κ1) is 21.7. The summed E-state index contributed by atoms with van der Waals surface area (Å²) in [5, 5.41) is 3.52. The van der Waals surface area contributed by atoms with Crippen LogP contribution in [0.15, 0.2) is 52.4 Å². The third-order valence-electron chi connectivity index (χ3n) is 6.04. The van der Waals surface area contributed by atoms with Crippen LogP contribution in [0.2, 0.25) is 0 Å². The Balaban J connectivity index is 1.61. The first-order valence-corrected chi connectivity index (χ1v) is 11.9. The van der Waals surface area contributed by atoms with Crippen LogP contribution in [0, 0.1) is 6.92 Å². The summed E-state index contributed by atoms with van der Waals surface area (Å²) < 4.78 is 0. The van der Waals surface area contributed by atoms with Gasteiger partial charge in [-0.2, -0.15) is 0 Å². The average Bonchev–Trinajstić information content (AvgIpc) is 3.03. The monoisotopic (exact) mass is 433 g/mol. The minimum absolute atomic E-state index is 0.0871. The zero-order chi connectivity index (χ0) is 22.2. The number of carbonyl (C=O) groups excluding carboxylic acids is 1. The van der Waals surface area contributed by atoms with Crippen LogP contribution < -0.4 is 10.2 Å². The number of anilines is 1. The fourth-order valence-corrected chi connectivity index (χ4v) is 5.53. The number of aryl methyl sites for hydroxylation is 1. The van der Waals surface area contributed by atoms with Crippen molar-refractivity contribution in [2.24, 2.45) is 4.99 Å². The van der Waals surface area contributed by atoms with Gasteiger partial charge in [-0.05, 0) is 98.3 Å². The number of rotatable bonds is 4. The number of thioether (sulfide) groups is 1. The minimum Gasteiger partial charge on any atom is -0.366 e. The highest BCUT2D eigenvalue weighted by molar-refractivity contribution is 8.18. The van der Waals surface area contributed by atoms with Crippen LogP contribution in [-0.4, -0.2) is 23.2 Å². The second-order valence-corrected chi connectivity index (χ2v) is 10.2. The summed E-state index contributed by atoms with van der Waals surface area (Å²) in [5.74, 6) is 0.399. The number of nitrogens with zero attached hydrogens (tertiary/aromatic N) is 2. The van der Waals surface area contributed by atoms with E-state index < -0.39 is 0 Å². The summed E-state index contributed by atoms with van der Waals surface area (Å²) in [4.78, 5) is 20.3. The van der Waals surface area contributed by atoms with Gasteiger partial charge in [0.25, 0.3) is 5.91 Å². The molecule has 2 aromatic rings. The van der Waals surface area contributed by atoms with E-state index in [-0.39, 0.29) is 11.4 Å². The molecule has 162 valence electrons. The smallest absolute Gasteiger partial charge is 0.264 e. The van der Waals surface area contributed by atoms with Crippen molar-refractivity contribution in [3.05, 3.63) is 64.1 Å². The van der Waals surface area contributed by atoms with Gasteiger partial charge in [0.15, 0.2) is 5.17 Å². The van der Waals surface area contributed by atoms with Gasteiger partial charge in [0.1, 0.15) is 0 Å². The van der Waals surface area contributed by atoms with Crippen LogP contribution >= 0.6 is 11.8 Å². The number of amides is 1. The standard InChI is InChI=1S/C26H31N3OS/c1-6-12-29-22-11-10-19(14-21(22)18(3)16-26(29,4)5)15-23-24(30)28-25(31-23)27-20-9-7-8-17(2)13-20/h7-11,13-15,18H,6,12,16H2,1-5H3,(H,27,28,30)/b23-15+. The zero-order valence-electron chi connectivity index (χ0n) is 19.0. The van der Waals surface area contributed by atoms with Crippen LogP contribution in [0.25, 0.3) is 6.08 Å². The molecular formula is C26H31N3OS. The predicted octanol–water partition coefficient (Wildman–Crippen LogP) is 6.39. The summed E-state index contributed by atoms with van der Waals surface area (Å²) in [5.41, 5.74) is 5.93. The quantitative estimate of drug-likeness (QED) is 0.568. The molecule has 1 atom stereocenters. The van der Waals surface area contributed by atoms with Crippen molar-refractivity contribution in [1.29, 1.82) is 0 Å². The molecule has 0 bridgehead atoms. The summed E-state index contributed by atoms with van der Waals surface area (Å²) in [6.45, 7) is 12.3. The van der Waals surface area contributed by atoms with Gasteiger partial charge in [-0.25, -0.2) is 4.99 Å². The number of amidine groups is 1. The second kappa shape index (κ2) is 8.54. The van der Waals surface area contributed by atoms with E-state index in [1.165, 1.54) is 23.0 Å². The molecular weight excluding hydrogens is 402 g/mol. The fraction of sp³-hybridized carbons (Fsp3) is 0.385. The Morgan fingerprint density at radius 2 is 2.06 bits per heavy atom. The molecule has 1 amide bonds. The van der Waals surface area contributed by atoms with Gasteiger partial charge >= 0.3 is 0 Å². The Bertz CT molecular complexity index is 1070. The van der Waals surface area contributed by atoms with E-state index in [9.17, 15) is 4.79 Å². The van der Waals surface area contributed by atoms with Crippen molar-refractivity contribution < 1.29 is 4.79 Å². The highest BCUT2D eigenvalue weighted by Crippen LogP contribution is 2.44. The SMILES string of the molecule is CCCN1c2ccc(/C=C3/SC(=Nc4cccc(C)c4)NC3=O)cc2C(C)CC1(C)C. The lowest BCUT2D eigenvalue weighted by Gasteiger charge is -2.47. The first-order chi connectivity index (χ1) is 14.8. The maximum atomic E-state index is 12.5. The van der Waals surface area contributed by atoms with E-state index in [0.717, 1.165) is 36.2 Å². The van der Waals surface area contributed by atoms with E-state index in [4.69, 9.17) is 0 Å². The van der Waals surface area contributed by atoms with Crippen molar-refractivity contribution in [2.75, 3.05) is 11.4 Å². The van der Waals surface area contributed by atoms with Crippen LogP contribution in [0.5, 0.6) is 0 Å². The maximum Gasteiger partial charge on any atom is 0.264 e. The molecule has 31 heavy (non-hydrogen) atoms. The van der Waals surface area contributed by atoms with E-state index in [1.807, 2.05) is 37.3 Å². The number of carbonyl (C=O) groups is 1. The van der Waals surface area contributed by atoms with Crippen molar-refractivity contribution in [3.63, 3.8) is 0 Å². The molecule has 2 aliphatic heterocycles. The molecule has 2 aromatic carbocycles. The van der Waals surface area contributed by atoms with Gasteiger partial charge in [-0.15, -0.1) is 0 Å². The third-order valence-corrected chi connectivity index (χ3v) is 6.95. The van der Waals surface area contributed by atoms with Crippen molar-refractivity contribution in [2.45, 2.75) is 58.9 Å². The molecule has 2 aliphatic rings. The van der Waals surface area contributed by atoms with Crippen LogP contribution in [0.4, 0.5) is 11.4 Å². The van der Waals surface area contributed by atoms with Crippen molar-refractivity contribution >= 4 is 40.3 Å². The molecule has 4 nitrogen and oxygen atoms in total. The zero-order valence-corrected chi connectivity index (χ0v) is 19.8. The van der Waals surface area contributed by atoms with Crippen molar-refractivity contribution in [1.82, 2.24) is 5.32 Å². The number of hydrogen-bond acceptors (Lipinski definition) is 4. The van der Waals surface area contributed by atoms with Gasteiger partial charge in [-0.1, -0.05) is 32.0 Å². The Hall–Kier alpha value is -2.53. The number of aliphatic imine (C=N–C) groups is 1. The third kappa shape index (κ3) is 4.57. The molecule has 2 heterocycles. The van der Waals surface area contributed by atoms with Gasteiger partial charge in [0.05, 0.1) is 10.6 Å². The number of benzene rings is 2. The molecule has 0 aromatic heterocycles. The molecule has 4 rings (SSSR count). The minimum atomic E-state index is -0.0871. The molecule has 5 heteroatoms. The lowest BCUT2D eigenvalue weighted by Crippen LogP contribution is -2.48. The normalized spacial score (nSPS) is 22.7. The molecule has 0 spiro atoms. The van der Waals surface area contributed by atoms with Crippen molar-refractivity contribution in [3.8, 4) is 0 Å². The average molecular weight is 434 g/mol. The van der Waals surface area contributed by atoms with E-state index in [0.29, 0.717) is 16.0 Å². The van der Waals surface area contributed by atoms with Gasteiger partial charge in [-0.3, -0.25) is 4.79 Å². The van der Waals surface area contributed by atoms with Gasteiger partial charge in [0.2, 0.25) is 0 Å². The number of nitrogens with one attached hydrogen (secondary N) is 1. The Labute approximate surface area is 189 Å². The second-order valence-electron chi connectivity index (χ2n) is 9.21. The Kier molecular flexibility index (Phi) is 5.98. The van der Waals surface area contributed by atoms with Crippen LogP contribution in [0.1, 0.15) is 63.1 Å². The molecule has 0 aliphatic carbocycles. The fourth-order valence-electron chi connectivity index (χ4n) is 4.69. The van der Waals surface area contributed by atoms with E-state index >= 15 is 0 Å². The highest BCUT2D eigenvalue weighted by atomic mass is 32.2. The summed E-state index contributed by atoms with van der Waals surface area (Å²) >= 11 is 1.40. The largest absolute Gasteiger partial charge is 0.366 e. The van der Waals surface area contributed by atoms with E-state index in [2.05, 4.69) is 61.1 Å². The molecule has 1 N–H and O–H groups in total. The lowest BCUT2D eigenvalue weighted by molar-refractivity contribution is -0.115. The highest BCUT2D eigenvalue weighted by Gasteiger charge is 2.35. The number of fused-ring (bicyclic) bond motifs is 1. The molecule has 1 saturated heterocycles. The number of hydrogen-bond donors (Lipinski definition) is 1. The van der Waals surface area contributed by atoms with E-state index in [1.54, 1.807) is 0 Å². The van der Waals surface area contributed by atoms with Crippen LogP contribution in [0.3, 0.4) is 0 Å². The predicted molar refractivity (Wildman–Crippen MR) is 133 cm³/mol. The molecule has 0 saturated carbocycles. The van der Waals surface area contributed by atoms with Gasteiger partial charge < -0.3 is 10.2 Å². The summed E-state index contributed by atoms with van der Waals surface area (Å²) in [7, 11) is 0. The lowest BCUT2D eigenvalue weighted by atomic mass is 9.79. The van der Waals surface area contributed by atoms with Crippen LogP contribution in [-0.2, 0) is 4.79 Å². The molecule has 1 unspecified atom stereocenters. The topological polar surface area (TPSA) is 44.7 Å². The first-order valence-electron chi connectivity index (χ1n) is 11.0. The Morgan fingerprint density at radius 1 is 1.26 bits per heavy atom. The maximum absolute atomic E-state index is 12.5. The molecule has 1 fully saturated rings. The molecule has 0 radical (unpaired) electrons. The van der Waals surface area contributed by atoms with Gasteiger partial charge in [0, 0.05) is 17.8 Å². The summed E-state index contributed by atoms with van der Waals surface area (Å²) in [6.07, 6.45) is 4.24. The summed E-state index contributed by atoms with van der Waals surface area (Å²) in [6, 6.07) is 14.6. The Morgan fingerprint density at radius 3 is 2.81 bits per heavy atom.